The molecule has 1 aliphatic heterocycles. The molecule has 1 aromatic heterocycles. The highest BCUT2D eigenvalue weighted by molar-refractivity contribution is 6.00. The Morgan fingerprint density at radius 3 is 2.79 bits per heavy atom. The Morgan fingerprint density at radius 2 is 2.00 bits per heavy atom. The molecule has 0 saturated carbocycles. The van der Waals surface area contributed by atoms with Gasteiger partial charge >= 0.3 is 0 Å². The molecular formula is C16H17N2O+. The number of carbonyl (C=O) groups is 1. The fourth-order valence-corrected chi connectivity index (χ4v) is 2.70. The van der Waals surface area contributed by atoms with E-state index >= 15 is 0 Å². The summed E-state index contributed by atoms with van der Waals surface area (Å²) in [5, 5.41) is 0. The van der Waals surface area contributed by atoms with E-state index in [2.05, 4.69) is 25.1 Å². The molecule has 1 amide bonds. The van der Waals surface area contributed by atoms with Crippen LogP contribution >= 0.6 is 0 Å². The molecule has 3 nitrogen and oxygen atoms in total. The maximum Gasteiger partial charge on any atom is 0.260 e. The second-order valence-electron chi connectivity index (χ2n) is 5.20. The third-order valence-corrected chi connectivity index (χ3v) is 3.69. The lowest BCUT2D eigenvalue weighted by Crippen LogP contribution is -2.33. The van der Waals surface area contributed by atoms with E-state index in [1.54, 1.807) is 4.90 Å². The molecule has 0 saturated heterocycles. The minimum Gasteiger partial charge on any atom is -0.337 e. The first-order valence-corrected chi connectivity index (χ1v) is 6.42. The van der Waals surface area contributed by atoms with Gasteiger partial charge in [-0.15, -0.1) is 0 Å². The van der Waals surface area contributed by atoms with Gasteiger partial charge in [0, 0.05) is 19.7 Å². The number of pyridine rings is 1. The fourth-order valence-electron chi connectivity index (χ4n) is 2.70. The van der Waals surface area contributed by atoms with Gasteiger partial charge < -0.3 is 4.90 Å². The summed E-state index contributed by atoms with van der Waals surface area (Å²) in [6, 6.07) is 10.2. The number of hydrogen-bond acceptors (Lipinski definition) is 1. The van der Waals surface area contributed by atoms with Crippen molar-refractivity contribution in [3.05, 3.63) is 53.2 Å². The lowest BCUT2D eigenvalue weighted by atomic mass is 9.99. The van der Waals surface area contributed by atoms with Gasteiger partial charge in [0.05, 0.1) is 5.56 Å². The summed E-state index contributed by atoms with van der Waals surface area (Å²) in [7, 11) is 3.84. The molecule has 0 fully saturated rings. The number of nitrogens with zero attached hydrogens (tertiary/aromatic N) is 2. The predicted molar refractivity (Wildman–Crippen MR) is 73.6 cm³/mol. The quantitative estimate of drug-likeness (QED) is 0.660. The molecule has 0 atom stereocenters. The average Bonchev–Trinajstić information content (AvgIpc) is 2.49. The second kappa shape index (κ2) is 4.19. The number of amides is 1. The van der Waals surface area contributed by atoms with Gasteiger partial charge in [0.15, 0.2) is 6.20 Å². The molecule has 3 rings (SSSR count). The number of carbonyl (C=O) groups excluding carboxylic acids is 1. The highest BCUT2D eigenvalue weighted by Gasteiger charge is 2.29. The fraction of sp³-hybridized carbons (Fsp3) is 0.250. The van der Waals surface area contributed by atoms with Crippen LogP contribution in [0.25, 0.3) is 11.3 Å². The molecule has 2 heterocycles. The van der Waals surface area contributed by atoms with Gasteiger partial charge in [-0.05, 0) is 24.6 Å². The van der Waals surface area contributed by atoms with E-state index < -0.39 is 0 Å². The van der Waals surface area contributed by atoms with E-state index in [4.69, 9.17) is 0 Å². The lowest BCUT2D eigenvalue weighted by molar-refractivity contribution is -0.660. The third-order valence-electron chi connectivity index (χ3n) is 3.69. The Bertz CT molecular complexity index is 676. The van der Waals surface area contributed by atoms with E-state index in [1.807, 2.05) is 37.0 Å². The van der Waals surface area contributed by atoms with Crippen LogP contribution in [0, 0.1) is 6.92 Å². The van der Waals surface area contributed by atoms with Crippen LogP contribution in [0.2, 0.25) is 0 Å². The van der Waals surface area contributed by atoms with Gasteiger partial charge in [0.1, 0.15) is 12.6 Å². The summed E-state index contributed by atoms with van der Waals surface area (Å²) in [5.41, 5.74) is 5.36. The van der Waals surface area contributed by atoms with Crippen LogP contribution in [-0.4, -0.2) is 17.9 Å². The smallest absolute Gasteiger partial charge is 0.260 e. The van der Waals surface area contributed by atoms with Crippen LogP contribution in [0.4, 0.5) is 0 Å². The number of rotatable bonds is 0. The van der Waals surface area contributed by atoms with E-state index in [1.165, 1.54) is 11.1 Å². The van der Waals surface area contributed by atoms with Crippen molar-refractivity contribution in [3.63, 3.8) is 0 Å². The molecule has 0 unspecified atom stereocenters. The highest BCUT2D eigenvalue weighted by Crippen LogP contribution is 2.30. The van der Waals surface area contributed by atoms with E-state index in [-0.39, 0.29) is 5.91 Å². The van der Waals surface area contributed by atoms with Crippen LogP contribution in [0.15, 0.2) is 36.5 Å². The van der Waals surface area contributed by atoms with Crippen LogP contribution in [0.5, 0.6) is 0 Å². The number of hydrogen-bond donors (Lipinski definition) is 0. The molecule has 1 aromatic carbocycles. The zero-order chi connectivity index (χ0) is 13.6. The van der Waals surface area contributed by atoms with Crippen molar-refractivity contribution >= 4 is 5.91 Å². The Hall–Kier alpha value is -2.16. The SMILES string of the molecule is Cc1ccc2c(c1)-c1c(ccc[n+]1C)C(=O)N(C)C2. The summed E-state index contributed by atoms with van der Waals surface area (Å²) >= 11 is 0. The minimum absolute atomic E-state index is 0.0834. The standard InChI is InChI=1S/C16H17N2O/c1-11-6-7-12-10-18(3)16(19)13-5-4-8-17(2)15(13)14(12)9-11/h4-9H,10H2,1-3H3/q+1. The van der Waals surface area contributed by atoms with Crippen LogP contribution < -0.4 is 4.57 Å². The molecule has 0 aliphatic carbocycles. The molecule has 96 valence electrons. The summed E-state index contributed by atoms with van der Waals surface area (Å²) in [6.45, 7) is 2.74. The monoisotopic (exact) mass is 253 g/mol. The van der Waals surface area contributed by atoms with Crippen molar-refractivity contribution in [2.24, 2.45) is 7.05 Å². The first-order chi connectivity index (χ1) is 9.08. The molecule has 0 radical (unpaired) electrons. The zero-order valence-electron chi connectivity index (χ0n) is 11.5. The van der Waals surface area contributed by atoms with Gasteiger partial charge in [-0.25, -0.2) is 4.57 Å². The van der Waals surface area contributed by atoms with Crippen LogP contribution in [-0.2, 0) is 13.6 Å². The minimum atomic E-state index is 0.0834. The van der Waals surface area contributed by atoms with Gasteiger partial charge in [0.2, 0.25) is 5.69 Å². The molecule has 3 heteroatoms. The Balaban J connectivity index is 2.39. The summed E-state index contributed by atoms with van der Waals surface area (Å²) in [6.07, 6.45) is 1.99. The van der Waals surface area contributed by atoms with Crippen molar-refractivity contribution in [3.8, 4) is 11.3 Å². The molecule has 0 spiro atoms. The number of aromatic nitrogens is 1. The highest BCUT2D eigenvalue weighted by atomic mass is 16.2. The van der Waals surface area contributed by atoms with Crippen LogP contribution in [0.3, 0.4) is 0 Å². The van der Waals surface area contributed by atoms with E-state index in [0.29, 0.717) is 6.54 Å². The molecule has 0 N–H and O–H groups in total. The Labute approximate surface area is 113 Å². The van der Waals surface area contributed by atoms with Crippen molar-refractivity contribution in [1.29, 1.82) is 0 Å². The molecule has 1 aliphatic rings. The maximum absolute atomic E-state index is 12.5. The number of fused-ring (bicyclic) bond motifs is 3. The number of benzene rings is 1. The first-order valence-electron chi connectivity index (χ1n) is 6.42. The van der Waals surface area contributed by atoms with E-state index in [0.717, 1.165) is 16.8 Å². The van der Waals surface area contributed by atoms with Gasteiger partial charge in [-0.1, -0.05) is 17.7 Å². The van der Waals surface area contributed by atoms with Gasteiger partial charge in [0.25, 0.3) is 5.91 Å². The summed E-state index contributed by atoms with van der Waals surface area (Å²) in [5.74, 6) is 0.0834. The van der Waals surface area contributed by atoms with Crippen molar-refractivity contribution < 1.29 is 9.36 Å². The van der Waals surface area contributed by atoms with Gasteiger partial charge in [-0.2, -0.15) is 0 Å². The van der Waals surface area contributed by atoms with E-state index in [9.17, 15) is 4.79 Å². The topological polar surface area (TPSA) is 24.2 Å². The Kier molecular flexibility index (Phi) is 2.63. The van der Waals surface area contributed by atoms with Crippen molar-refractivity contribution in [2.45, 2.75) is 13.5 Å². The zero-order valence-corrected chi connectivity index (χ0v) is 11.5. The van der Waals surface area contributed by atoms with Gasteiger partial charge in [-0.3, -0.25) is 4.79 Å². The van der Waals surface area contributed by atoms with Crippen LogP contribution in [0.1, 0.15) is 21.5 Å². The first kappa shape index (κ1) is 11.9. The molecule has 19 heavy (non-hydrogen) atoms. The second-order valence-corrected chi connectivity index (χ2v) is 5.20. The normalized spacial score (nSPS) is 13.8. The lowest BCUT2D eigenvalue weighted by Gasteiger charge is -2.14. The number of aryl methyl sites for hydroxylation is 2. The average molecular weight is 253 g/mol. The maximum atomic E-state index is 12.5. The summed E-state index contributed by atoms with van der Waals surface area (Å²) < 4.78 is 2.03. The molecular weight excluding hydrogens is 236 g/mol. The molecule has 0 bridgehead atoms. The molecule has 2 aromatic rings. The predicted octanol–water partition coefficient (Wildman–Crippen LogP) is 2.07. The third kappa shape index (κ3) is 1.82. The largest absolute Gasteiger partial charge is 0.337 e. The Morgan fingerprint density at radius 1 is 1.21 bits per heavy atom. The summed E-state index contributed by atoms with van der Waals surface area (Å²) in [4.78, 5) is 14.2. The van der Waals surface area contributed by atoms with Crippen molar-refractivity contribution in [1.82, 2.24) is 4.90 Å². The van der Waals surface area contributed by atoms with Crippen molar-refractivity contribution in [2.75, 3.05) is 7.05 Å².